The predicted molar refractivity (Wildman–Crippen MR) is 63.3 cm³/mol. The number of hydrogen-bond donors (Lipinski definition) is 3. The number of carboxylic acid groups (broad SMARTS) is 1. The first-order valence-electron chi connectivity index (χ1n) is 6.07. The van der Waals surface area contributed by atoms with Crippen LogP contribution in [0.15, 0.2) is 0 Å². The second kappa shape index (κ2) is 6.56. The zero-order valence-corrected chi connectivity index (χ0v) is 9.97. The average molecular weight is 243 g/mol. The van der Waals surface area contributed by atoms with Gasteiger partial charge >= 0.3 is 5.97 Å². The van der Waals surface area contributed by atoms with Crippen molar-refractivity contribution in [2.75, 3.05) is 13.1 Å². The van der Waals surface area contributed by atoms with Gasteiger partial charge in [0.15, 0.2) is 0 Å². The van der Waals surface area contributed by atoms with E-state index in [1.54, 1.807) is 0 Å². The van der Waals surface area contributed by atoms with Crippen LogP contribution >= 0.6 is 0 Å². The number of likely N-dealkylation sites (tertiary alicyclic amines) is 1. The molecule has 6 nitrogen and oxygen atoms in total. The van der Waals surface area contributed by atoms with E-state index < -0.39 is 18.1 Å². The summed E-state index contributed by atoms with van der Waals surface area (Å²) >= 11 is 0. The molecule has 0 aromatic rings. The lowest BCUT2D eigenvalue weighted by atomic mass is 10.1. The Bertz CT molecular complexity index is 283. The number of amides is 1. The minimum absolute atomic E-state index is 0.244. The van der Waals surface area contributed by atoms with Gasteiger partial charge in [-0.05, 0) is 32.2 Å². The van der Waals surface area contributed by atoms with Crippen LogP contribution in [0, 0.1) is 0 Å². The molecule has 1 aliphatic rings. The summed E-state index contributed by atoms with van der Waals surface area (Å²) in [6.45, 7) is 1.09. The van der Waals surface area contributed by atoms with Gasteiger partial charge in [-0.1, -0.05) is 6.42 Å². The van der Waals surface area contributed by atoms with Crippen LogP contribution in [0.25, 0.3) is 0 Å². The van der Waals surface area contributed by atoms with Gasteiger partial charge in [-0.15, -0.1) is 0 Å². The normalized spacial score (nSPS) is 21.5. The van der Waals surface area contributed by atoms with Crippen molar-refractivity contribution in [3.05, 3.63) is 0 Å². The lowest BCUT2D eigenvalue weighted by molar-refractivity contribution is -0.148. The van der Waals surface area contributed by atoms with Crippen LogP contribution in [0.5, 0.6) is 0 Å². The van der Waals surface area contributed by atoms with Crippen LogP contribution in [0.3, 0.4) is 0 Å². The van der Waals surface area contributed by atoms with Crippen LogP contribution in [-0.2, 0) is 9.59 Å². The molecule has 1 saturated heterocycles. The molecule has 0 aromatic carbocycles. The fourth-order valence-electron chi connectivity index (χ4n) is 2.13. The van der Waals surface area contributed by atoms with E-state index in [1.165, 1.54) is 4.90 Å². The van der Waals surface area contributed by atoms with Gasteiger partial charge in [-0.3, -0.25) is 4.79 Å². The first-order valence-corrected chi connectivity index (χ1v) is 6.07. The van der Waals surface area contributed by atoms with Crippen molar-refractivity contribution in [1.29, 1.82) is 0 Å². The van der Waals surface area contributed by atoms with Crippen LogP contribution in [0.2, 0.25) is 0 Å². The highest BCUT2D eigenvalue weighted by Crippen LogP contribution is 2.19. The third-order valence-corrected chi connectivity index (χ3v) is 3.11. The summed E-state index contributed by atoms with van der Waals surface area (Å²) in [6.07, 6.45) is 3.46. The van der Waals surface area contributed by atoms with E-state index in [4.69, 9.17) is 16.6 Å². The molecule has 5 N–H and O–H groups in total. The average Bonchev–Trinajstić information content (AvgIpc) is 2.77. The number of nitrogens with zero attached hydrogens (tertiary/aromatic N) is 1. The van der Waals surface area contributed by atoms with Gasteiger partial charge in [-0.25, -0.2) is 4.79 Å². The van der Waals surface area contributed by atoms with Crippen LogP contribution < -0.4 is 11.5 Å². The van der Waals surface area contributed by atoms with E-state index in [1.807, 2.05) is 0 Å². The fourth-order valence-corrected chi connectivity index (χ4v) is 2.13. The predicted octanol–water partition coefficient (Wildman–Crippen LogP) is -0.482. The Morgan fingerprint density at radius 3 is 2.71 bits per heavy atom. The van der Waals surface area contributed by atoms with E-state index in [-0.39, 0.29) is 5.91 Å². The number of rotatable bonds is 6. The Morgan fingerprint density at radius 1 is 1.41 bits per heavy atom. The summed E-state index contributed by atoms with van der Waals surface area (Å²) in [5, 5.41) is 8.98. The number of nitrogens with two attached hydrogens (primary N) is 2. The van der Waals surface area contributed by atoms with E-state index in [0.29, 0.717) is 25.9 Å². The van der Waals surface area contributed by atoms with Gasteiger partial charge in [0.2, 0.25) is 5.91 Å². The van der Waals surface area contributed by atoms with Crippen molar-refractivity contribution in [1.82, 2.24) is 4.90 Å². The lowest BCUT2D eigenvalue weighted by Gasteiger charge is -2.24. The van der Waals surface area contributed by atoms with Crippen molar-refractivity contribution < 1.29 is 14.7 Å². The van der Waals surface area contributed by atoms with Crippen molar-refractivity contribution in [2.24, 2.45) is 11.5 Å². The third-order valence-electron chi connectivity index (χ3n) is 3.11. The van der Waals surface area contributed by atoms with Crippen LogP contribution in [0.4, 0.5) is 0 Å². The molecule has 0 bridgehead atoms. The number of carbonyl (C=O) groups is 2. The molecular formula is C11H21N3O3. The molecule has 17 heavy (non-hydrogen) atoms. The second-order valence-electron chi connectivity index (χ2n) is 4.42. The molecule has 6 heteroatoms. The molecule has 98 valence electrons. The molecular weight excluding hydrogens is 222 g/mol. The summed E-state index contributed by atoms with van der Waals surface area (Å²) in [4.78, 5) is 24.3. The molecule has 0 radical (unpaired) electrons. The highest BCUT2D eigenvalue weighted by atomic mass is 16.4. The molecule has 0 spiro atoms. The quantitative estimate of drug-likeness (QED) is 0.546. The fraction of sp³-hybridized carbons (Fsp3) is 0.818. The van der Waals surface area contributed by atoms with Crippen LogP contribution in [-0.4, -0.2) is 47.1 Å². The molecule has 0 aromatic heterocycles. The van der Waals surface area contributed by atoms with Crippen molar-refractivity contribution >= 4 is 11.9 Å². The summed E-state index contributed by atoms with van der Waals surface area (Å²) < 4.78 is 0. The molecule has 0 saturated carbocycles. The molecule has 1 rings (SSSR count). The van der Waals surface area contributed by atoms with Crippen molar-refractivity contribution in [3.8, 4) is 0 Å². The van der Waals surface area contributed by atoms with Crippen LogP contribution in [0.1, 0.15) is 32.1 Å². The third kappa shape index (κ3) is 3.67. The molecule has 2 atom stereocenters. The number of carboxylic acids is 1. The van der Waals surface area contributed by atoms with Gasteiger partial charge in [-0.2, -0.15) is 0 Å². The van der Waals surface area contributed by atoms with Gasteiger partial charge in [0.1, 0.15) is 6.04 Å². The zero-order valence-electron chi connectivity index (χ0n) is 9.97. The Kier molecular flexibility index (Phi) is 5.37. The molecule has 1 amide bonds. The summed E-state index contributed by atoms with van der Waals surface area (Å²) in [5.41, 5.74) is 11.1. The maximum absolute atomic E-state index is 12.0. The molecule has 1 fully saturated rings. The summed E-state index contributed by atoms with van der Waals surface area (Å²) in [6, 6.07) is -1.29. The highest BCUT2D eigenvalue weighted by Gasteiger charge is 2.35. The first kappa shape index (κ1) is 13.9. The highest BCUT2D eigenvalue weighted by molar-refractivity contribution is 5.87. The largest absolute Gasteiger partial charge is 0.480 e. The monoisotopic (exact) mass is 243 g/mol. The smallest absolute Gasteiger partial charge is 0.326 e. The lowest BCUT2D eigenvalue weighted by Crippen LogP contribution is -2.48. The number of carbonyl (C=O) groups excluding carboxylic acids is 1. The van der Waals surface area contributed by atoms with Gasteiger partial charge in [0.05, 0.1) is 6.04 Å². The number of unbranched alkanes of at least 4 members (excludes halogenated alkanes) is 1. The van der Waals surface area contributed by atoms with E-state index in [2.05, 4.69) is 0 Å². The second-order valence-corrected chi connectivity index (χ2v) is 4.42. The standard InChI is InChI=1S/C11H21N3O3/c12-6-2-1-4-8(13)10(15)14-7-3-5-9(14)11(16)17/h8-9H,1-7,12-13H2,(H,16,17)/t8-,9+/m1/s1. The Hall–Kier alpha value is -1.14. The number of hydrogen-bond acceptors (Lipinski definition) is 4. The minimum atomic E-state index is -0.940. The van der Waals surface area contributed by atoms with Gasteiger partial charge < -0.3 is 21.5 Å². The Morgan fingerprint density at radius 2 is 2.12 bits per heavy atom. The topological polar surface area (TPSA) is 110 Å². The molecule has 0 unspecified atom stereocenters. The van der Waals surface area contributed by atoms with E-state index in [0.717, 1.165) is 19.3 Å². The van der Waals surface area contributed by atoms with E-state index in [9.17, 15) is 9.59 Å². The zero-order chi connectivity index (χ0) is 12.8. The summed E-state index contributed by atoms with van der Waals surface area (Å²) in [7, 11) is 0. The first-order chi connectivity index (χ1) is 8.07. The van der Waals surface area contributed by atoms with Crippen molar-refractivity contribution in [3.63, 3.8) is 0 Å². The maximum atomic E-state index is 12.0. The Labute approximate surface area is 101 Å². The SMILES string of the molecule is NCCCC[C@@H](N)C(=O)N1CCC[C@H]1C(=O)O. The minimum Gasteiger partial charge on any atom is -0.480 e. The molecule has 0 aliphatic carbocycles. The maximum Gasteiger partial charge on any atom is 0.326 e. The molecule has 1 heterocycles. The van der Waals surface area contributed by atoms with Gasteiger partial charge in [0, 0.05) is 6.54 Å². The Balaban J connectivity index is 2.47. The van der Waals surface area contributed by atoms with Gasteiger partial charge in [0.25, 0.3) is 0 Å². The molecule has 1 aliphatic heterocycles. The van der Waals surface area contributed by atoms with Crippen molar-refractivity contribution in [2.45, 2.75) is 44.2 Å². The van der Waals surface area contributed by atoms with E-state index >= 15 is 0 Å². The number of aliphatic carboxylic acids is 1. The summed E-state index contributed by atoms with van der Waals surface area (Å²) in [5.74, 6) is -1.18.